The van der Waals surface area contributed by atoms with E-state index in [0.717, 1.165) is 19.6 Å². The SMILES string of the molecule is CCN1CCOC(CNC(=O)NC[C@H](O)C(=O)O)C1. The summed E-state index contributed by atoms with van der Waals surface area (Å²) < 4.78 is 5.50. The molecule has 8 nitrogen and oxygen atoms in total. The first-order valence-corrected chi connectivity index (χ1v) is 6.29. The molecule has 19 heavy (non-hydrogen) atoms. The first-order valence-electron chi connectivity index (χ1n) is 6.29. The van der Waals surface area contributed by atoms with E-state index in [1.807, 2.05) is 0 Å². The van der Waals surface area contributed by atoms with E-state index >= 15 is 0 Å². The van der Waals surface area contributed by atoms with Gasteiger partial charge in [0.15, 0.2) is 6.10 Å². The van der Waals surface area contributed by atoms with E-state index in [-0.39, 0.29) is 12.6 Å². The number of carboxylic acid groups (broad SMARTS) is 1. The van der Waals surface area contributed by atoms with Crippen LogP contribution in [-0.2, 0) is 9.53 Å². The van der Waals surface area contributed by atoms with Gasteiger partial charge in [-0.05, 0) is 6.54 Å². The van der Waals surface area contributed by atoms with Gasteiger partial charge in [0, 0.05) is 19.6 Å². The summed E-state index contributed by atoms with van der Waals surface area (Å²) in [6.45, 7) is 5.32. The lowest BCUT2D eigenvalue weighted by Crippen LogP contribution is -2.49. The Bertz CT molecular complexity index is 313. The third kappa shape index (κ3) is 5.86. The summed E-state index contributed by atoms with van der Waals surface area (Å²) in [5, 5.41) is 22.3. The molecule has 1 aliphatic rings. The highest BCUT2D eigenvalue weighted by Gasteiger charge is 2.20. The largest absolute Gasteiger partial charge is 0.479 e. The summed E-state index contributed by atoms with van der Waals surface area (Å²) in [6.07, 6.45) is -1.66. The number of carbonyl (C=O) groups excluding carboxylic acids is 1. The molecule has 0 aromatic heterocycles. The van der Waals surface area contributed by atoms with Crippen molar-refractivity contribution in [2.75, 3.05) is 39.3 Å². The Morgan fingerprint density at radius 3 is 2.84 bits per heavy atom. The molecule has 2 amide bonds. The highest BCUT2D eigenvalue weighted by atomic mass is 16.5. The Morgan fingerprint density at radius 2 is 2.21 bits per heavy atom. The molecule has 0 aromatic rings. The van der Waals surface area contributed by atoms with Gasteiger partial charge in [0.05, 0.1) is 19.3 Å². The molecule has 0 aromatic carbocycles. The van der Waals surface area contributed by atoms with Crippen LogP contribution in [-0.4, -0.2) is 78.7 Å². The number of hydrogen-bond donors (Lipinski definition) is 4. The number of aliphatic hydroxyl groups is 1. The van der Waals surface area contributed by atoms with Crippen LogP contribution in [0.1, 0.15) is 6.92 Å². The normalized spacial score (nSPS) is 21.7. The van der Waals surface area contributed by atoms with Crippen molar-refractivity contribution in [2.24, 2.45) is 0 Å². The summed E-state index contributed by atoms with van der Waals surface area (Å²) in [5.74, 6) is -1.37. The number of morpholine rings is 1. The number of nitrogens with one attached hydrogen (secondary N) is 2. The van der Waals surface area contributed by atoms with Crippen molar-refractivity contribution in [3.8, 4) is 0 Å². The van der Waals surface area contributed by atoms with E-state index in [4.69, 9.17) is 14.9 Å². The van der Waals surface area contributed by atoms with Gasteiger partial charge in [-0.1, -0.05) is 6.92 Å². The minimum atomic E-state index is -1.59. The highest BCUT2D eigenvalue weighted by molar-refractivity contribution is 5.76. The van der Waals surface area contributed by atoms with E-state index < -0.39 is 18.1 Å². The van der Waals surface area contributed by atoms with Gasteiger partial charge in [0.25, 0.3) is 0 Å². The Balaban J connectivity index is 2.17. The van der Waals surface area contributed by atoms with Crippen LogP contribution in [0.5, 0.6) is 0 Å². The molecule has 2 atom stereocenters. The summed E-state index contributed by atoms with van der Waals surface area (Å²) >= 11 is 0. The molecule has 1 heterocycles. The van der Waals surface area contributed by atoms with Crippen LogP contribution in [0.2, 0.25) is 0 Å². The lowest BCUT2D eigenvalue weighted by atomic mass is 10.2. The smallest absolute Gasteiger partial charge is 0.334 e. The standard InChI is InChI=1S/C11H21N3O5/c1-2-14-3-4-19-8(7-14)5-12-11(18)13-6-9(15)10(16)17/h8-9,15H,2-7H2,1H3,(H,16,17)(H2,12,13,18)/t8?,9-/m0/s1. The minimum absolute atomic E-state index is 0.0659. The lowest BCUT2D eigenvalue weighted by molar-refractivity contribution is -0.146. The number of hydrogen-bond acceptors (Lipinski definition) is 5. The fourth-order valence-corrected chi connectivity index (χ4v) is 1.74. The average Bonchev–Trinajstić information content (AvgIpc) is 2.42. The third-order valence-electron chi connectivity index (χ3n) is 2.90. The van der Waals surface area contributed by atoms with Gasteiger partial charge in [0.2, 0.25) is 0 Å². The van der Waals surface area contributed by atoms with Gasteiger partial charge in [-0.3, -0.25) is 4.90 Å². The maximum Gasteiger partial charge on any atom is 0.334 e. The van der Waals surface area contributed by atoms with E-state index in [2.05, 4.69) is 22.5 Å². The maximum absolute atomic E-state index is 11.4. The summed E-state index contributed by atoms with van der Waals surface area (Å²) in [5.41, 5.74) is 0. The number of aliphatic hydroxyl groups excluding tert-OH is 1. The quantitative estimate of drug-likeness (QED) is 0.467. The zero-order valence-corrected chi connectivity index (χ0v) is 11.0. The van der Waals surface area contributed by atoms with Crippen LogP contribution in [0.4, 0.5) is 4.79 Å². The number of carbonyl (C=O) groups is 2. The van der Waals surface area contributed by atoms with Gasteiger partial charge in [-0.15, -0.1) is 0 Å². The molecule has 4 N–H and O–H groups in total. The Kier molecular flexibility index (Phi) is 6.54. The zero-order chi connectivity index (χ0) is 14.3. The second-order valence-electron chi connectivity index (χ2n) is 4.33. The fourth-order valence-electron chi connectivity index (χ4n) is 1.74. The second-order valence-corrected chi connectivity index (χ2v) is 4.33. The van der Waals surface area contributed by atoms with E-state index in [1.54, 1.807) is 0 Å². The molecule has 0 radical (unpaired) electrons. The van der Waals surface area contributed by atoms with E-state index in [0.29, 0.717) is 13.2 Å². The first-order chi connectivity index (χ1) is 9.02. The molecule has 0 spiro atoms. The van der Waals surface area contributed by atoms with Gasteiger partial charge in [0.1, 0.15) is 0 Å². The summed E-state index contributed by atoms with van der Waals surface area (Å²) in [4.78, 5) is 23.9. The molecular formula is C11H21N3O5. The van der Waals surface area contributed by atoms with Crippen LogP contribution in [0.3, 0.4) is 0 Å². The predicted octanol–water partition coefficient (Wildman–Crippen LogP) is -1.55. The number of nitrogens with zero attached hydrogens (tertiary/aromatic N) is 1. The van der Waals surface area contributed by atoms with Crippen molar-refractivity contribution in [2.45, 2.75) is 19.1 Å². The molecule has 1 unspecified atom stereocenters. The Morgan fingerprint density at radius 1 is 1.47 bits per heavy atom. The molecule has 0 bridgehead atoms. The number of likely N-dealkylation sites (N-methyl/N-ethyl adjacent to an activating group) is 1. The number of aliphatic carboxylic acids is 1. The Hall–Kier alpha value is -1.38. The molecule has 1 rings (SSSR count). The van der Waals surface area contributed by atoms with Crippen molar-refractivity contribution >= 4 is 12.0 Å². The maximum atomic E-state index is 11.4. The number of carboxylic acids is 1. The van der Waals surface area contributed by atoms with E-state index in [9.17, 15) is 9.59 Å². The highest BCUT2D eigenvalue weighted by Crippen LogP contribution is 2.03. The molecule has 0 saturated carbocycles. The summed E-state index contributed by atoms with van der Waals surface area (Å²) in [7, 11) is 0. The second kappa shape index (κ2) is 7.93. The average molecular weight is 275 g/mol. The molecule has 110 valence electrons. The molecular weight excluding hydrogens is 254 g/mol. The first kappa shape index (κ1) is 15.7. The molecule has 0 aliphatic carbocycles. The number of urea groups is 1. The van der Waals surface area contributed by atoms with Crippen molar-refractivity contribution < 1.29 is 24.5 Å². The van der Waals surface area contributed by atoms with Crippen LogP contribution in [0.15, 0.2) is 0 Å². The molecule has 1 aliphatic heterocycles. The molecule has 8 heteroatoms. The van der Waals surface area contributed by atoms with Crippen molar-refractivity contribution in [3.05, 3.63) is 0 Å². The zero-order valence-electron chi connectivity index (χ0n) is 11.0. The van der Waals surface area contributed by atoms with Gasteiger partial charge in [-0.2, -0.15) is 0 Å². The van der Waals surface area contributed by atoms with Gasteiger partial charge < -0.3 is 25.6 Å². The van der Waals surface area contributed by atoms with Crippen LogP contribution >= 0.6 is 0 Å². The number of ether oxygens (including phenoxy) is 1. The number of rotatable bonds is 6. The summed E-state index contributed by atoms with van der Waals surface area (Å²) in [6, 6.07) is -0.516. The predicted molar refractivity (Wildman–Crippen MR) is 66.9 cm³/mol. The number of amides is 2. The lowest BCUT2D eigenvalue weighted by Gasteiger charge is -2.32. The van der Waals surface area contributed by atoms with Crippen molar-refractivity contribution in [1.82, 2.24) is 15.5 Å². The topological polar surface area (TPSA) is 111 Å². The monoisotopic (exact) mass is 275 g/mol. The Labute approximate surface area is 111 Å². The van der Waals surface area contributed by atoms with Crippen LogP contribution in [0, 0.1) is 0 Å². The van der Waals surface area contributed by atoms with Gasteiger partial charge in [-0.25, -0.2) is 9.59 Å². The minimum Gasteiger partial charge on any atom is -0.479 e. The fraction of sp³-hybridized carbons (Fsp3) is 0.818. The molecule has 1 saturated heterocycles. The third-order valence-corrected chi connectivity index (χ3v) is 2.90. The molecule has 1 fully saturated rings. The van der Waals surface area contributed by atoms with Crippen LogP contribution < -0.4 is 10.6 Å². The van der Waals surface area contributed by atoms with E-state index in [1.165, 1.54) is 0 Å². The van der Waals surface area contributed by atoms with Crippen molar-refractivity contribution in [1.29, 1.82) is 0 Å². The van der Waals surface area contributed by atoms with Gasteiger partial charge >= 0.3 is 12.0 Å². The van der Waals surface area contributed by atoms with Crippen molar-refractivity contribution in [3.63, 3.8) is 0 Å². The van der Waals surface area contributed by atoms with Crippen LogP contribution in [0.25, 0.3) is 0 Å².